The van der Waals surface area contributed by atoms with Gasteiger partial charge in [0.05, 0.1) is 12.8 Å². The fourth-order valence-corrected chi connectivity index (χ4v) is 4.46. The molecule has 1 aliphatic heterocycles. The smallest absolute Gasteiger partial charge is 0.435 e. The van der Waals surface area contributed by atoms with Gasteiger partial charge in [-0.05, 0) is 72.6 Å². The first-order valence-electron chi connectivity index (χ1n) is 11.1. The number of hydrazine groups is 1. The van der Waals surface area contributed by atoms with Crippen LogP contribution in [-0.4, -0.2) is 30.8 Å². The predicted octanol–water partition coefficient (Wildman–Crippen LogP) is 5.97. The molecule has 0 saturated carbocycles. The summed E-state index contributed by atoms with van der Waals surface area (Å²) in [6.07, 6.45) is -5.46. The van der Waals surface area contributed by atoms with Crippen LogP contribution in [0, 0.1) is 6.92 Å². The Morgan fingerprint density at radius 1 is 0.974 bits per heavy atom. The average molecular weight is 566 g/mol. The summed E-state index contributed by atoms with van der Waals surface area (Å²) in [7, 11) is 1.50. The summed E-state index contributed by atoms with van der Waals surface area (Å²) in [4.78, 5) is 30.0. The highest BCUT2D eigenvalue weighted by molar-refractivity contribution is 6.34. The molecule has 3 aromatic carbocycles. The number of nitrogens with zero attached hydrogens (tertiary/aromatic N) is 1. The van der Waals surface area contributed by atoms with Crippen LogP contribution >= 0.6 is 23.2 Å². The molecule has 7 nitrogen and oxygen atoms in total. The molecule has 0 aromatic heterocycles. The number of hydrogen-bond donors (Lipinski definition) is 2. The van der Waals surface area contributed by atoms with E-state index in [1.807, 2.05) is 0 Å². The van der Waals surface area contributed by atoms with Gasteiger partial charge in [-0.3, -0.25) is 20.4 Å². The second kappa shape index (κ2) is 10.5. The van der Waals surface area contributed by atoms with Crippen molar-refractivity contribution in [2.24, 2.45) is 5.16 Å². The molecule has 0 spiro atoms. The molecule has 1 atom stereocenters. The Labute approximate surface area is 225 Å². The molecule has 0 aliphatic carbocycles. The first-order valence-corrected chi connectivity index (χ1v) is 11.8. The van der Waals surface area contributed by atoms with E-state index >= 15 is 0 Å². The minimum Gasteiger partial charge on any atom is -0.497 e. The molecule has 198 valence electrons. The molecule has 0 fully saturated rings. The van der Waals surface area contributed by atoms with Crippen molar-refractivity contribution in [2.75, 3.05) is 7.11 Å². The number of oxime groups is 1. The van der Waals surface area contributed by atoms with E-state index in [9.17, 15) is 22.8 Å². The molecular weight excluding hydrogens is 546 g/mol. The number of hydrogen-bond acceptors (Lipinski definition) is 5. The molecule has 0 saturated heterocycles. The highest BCUT2D eigenvalue weighted by atomic mass is 35.5. The highest BCUT2D eigenvalue weighted by Gasteiger charge is 2.62. The minimum atomic E-state index is -4.83. The lowest BCUT2D eigenvalue weighted by atomic mass is 9.86. The van der Waals surface area contributed by atoms with Gasteiger partial charge in [0.1, 0.15) is 5.75 Å². The maximum Gasteiger partial charge on any atom is 0.435 e. The average Bonchev–Trinajstić information content (AvgIpc) is 3.34. The topological polar surface area (TPSA) is 89.0 Å². The normalized spacial score (nSPS) is 16.9. The van der Waals surface area contributed by atoms with Crippen molar-refractivity contribution in [1.82, 2.24) is 10.9 Å². The summed E-state index contributed by atoms with van der Waals surface area (Å²) in [5.74, 6) is -0.585. The number of amides is 2. The minimum absolute atomic E-state index is 0.0264. The summed E-state index contributed by atoms with van der Waals surface area (Å²) in [6, 6.07) is 14.2. The van der Waals surface area contributed by atoms with Crippen molar-refractivity contribution in [3.8, 4) is 5.75 Å². The molecule has 4 rings (SSSR count). The van der Waals surface area contributed by atoms with Crippen molar-refractivity contribution in [3.63, 3.8) is 0 Å². The standard InChI is InChI=1S/C26H20Cl2F3N3O4/c1-14-9-16(5-8-21(14)24(36)33-32-23(35)15-3-6-20(37-2)7-4-15)22-13-25(38-34-22,26(29,30)31)17-10-18(27)12-19(28)11-17/h3-12H,13H2,1-2H3,(H,32,35)(H,33,36). The molecule has 0 radical (unpaired) electrons. The number of alkyl halides is 3. The van der Waals surface area contributed by atoms with E-state index in [-0.39, 0.29) is 26.9 Å². The summed E-state index contributed by atoms with van der Waals surface area (Å²) in [5, 5.41) is 3.78. The second-order valence-corrected chi connectivity index (χ2v) is 9.33. The number of carbonyl (C=O) groups is 2. The molecular formula is C26H20Cl2F3N3O4. The number of benzene rings is 3. The van der Waals surface area contributed by atoms with Gasteiger partial charge in [-0.15, -0.1) is 0 Å². The monoisotopic (exact) mass is 565 g/mol. The number of methoxy groups -OCH3 is 1. The van der Waals surface area contributed by atoms with Crippen LogP contribution in [-0.2, 0) is 10.4 Å². The maximum absolute atomic E-state index is 14.2. The zero-order valence-corrected chi connectivity index (χ0v) is 21.5. The summed E-state index contributed by atoms with van der Waals surface area (Å²) < 4.78 is 47.7. The van der Waals surface area contributed by atoms with Crippen molar-refractivity contribution >= 4 is 40.7 Å². The van der Waals surface area contributed by atoms with Crippen LogP contribution in [0.5, 0.6) is 5.75 Å². The van der Waals surface area contributed by atoms with E-state index in [2.05, 4.69) is 16.0 Å². The second-order valence-electron chi connectivity index (χ2n) is 8.46. The van der Waals surface area contributed by atoms with E-state index in [4.69, 9.17) is 32.8 Å². The molecule has 3 aromatic rings. The number of rotatable bonds is 5. The number of aryl methyl sites for hydroxylation is 1. The third-order valence-electron chi connectivity index (χ3n) is 5.96. The molecule has 0 bridgehead atoms. The lowest BCUT2D eigenvalue weighted by molar-refractivity contribution is -0.275. The maximum atomic E-state index is 14.2. The van der Waals surface area contributed by atoms with Gasteiger partial charge in [0, 0.05) is 33.2 Å². The summed E-state index contributed by atoms with van der Waals surface area (Å²) >= 11 is 11.9. The molecule has 38 heavy (non-hydrogen) atoms. The van der Waals surface area contributed by atoms with Crippen LogP contribution in [0.1, 0.15) is 43.8 Å². The first-order chi connectivity index (χ1) is 17.9. The van der Waals surface area contributed by atoms with E-state index in [1.54, 1.807) is 19.1 Å². The van der Waals surface area contributed by atoms with E-state index < -0.39 is 30.0 Å². The van der Waals surface area contributed by atoms with Gasteiger partial charge >= 0.3 is 6.18 Å². The van der Waals surface area contributed by atoms with Gasteiger partial charge in [-0.1, -0.05) is 34.4 Å². The zero-order valence-electron chi connectivity index (χ0n) is 20.0. The van der Waals surface area contributed by atoms with Crippen molar-refractivity contribution in [2.45, 2.75) is 25.1 Å². The van der Waals surface area contributed by atoms with Crippen LogP contribution in [0.3, 0.4) is 0 Å². The third-order valence-corrected chi connectivity index (χ3v) is 6.40. The molecule has 1 aliphatic rings. The molecule has 2 amide bonds. The van der Waals surface area contributed by atoms with Crippen molar-refractivity contribution < 1.29 is 32.3 Å². The van der Waals surface area contributed by atoms with Gasteiger partial charge in [-0.25, -0.2) is 0 Å². The Balaban J connectivity index is 1.49. The highest BCUT2D eigenvalue weighted by Crippen LogP contribution is 2.49. The van der Waals surface area contributed by atoms with Gasteiger partial charge < -0.3 is 9.57 Å². The van der Waals surface area contributed by atoms with E-state index in [1.165, 1.54) is 43.5 Å². The van der Waals surface area contributed by atoms with E-state index in [0.717, 1.165) is 12.1 Å². The van der Waals surface area contributed by atoms with Gasteiger partial charge in [-0.2, -0.15) is 13.2 Å². The Bertz CT molecular complexity index is 1410. The van der Waals surface area contributed by atoms with Crippen LogP contribution in [0.4, 0.5) is 13.2 Å². The van der Waals surface area contributed by atoms with Crippen LogP contribution < -0.4 is 15.6 Å². The Kier molecular flexibility index (Phi) is 7.57. The summed E-state index contributed by atoms with van der Waals surface area (Å²) in [6.45, 7) is 1.60. The van der Waals surface area contributed by atoms with Crippen molar-refractivity contribution in [3.05, 3.63) is 98.5 Å². The molecule has 1 heterocycles. The lowest BCUT2D eigenvalue weighted by Gasteiger charge is -2.29. The number of halogens is 5. The molecule has 12 heteroatoms. The lowest BCUT2D eigenvalue weighted by Crippen LogP contribution is -2.42. The van der Waals surface area contributed by atoms with Gasteiger partial charge in [0.2, 0.25) is 0 Å². The Morgan fingerprint density at radius 3 is 2.18 bits per heavy atom. The largest absolute Gasteiger partial charge is 0.497 e. The fraction of sp³-hybridized carbons (Fsp3) is 0.192. The van der Waals surface area contributed by atoms with Gasteiger partial charge in [0.15, 0.2) is 0 Å². The van der Waals surface area contributed by atoms with Crippen molar-refractivity contribution in [1.29, 1.82) is 0 Å². The fourth-order valence-electron chi connectivity index (χ4n) is 3.94. The number of carbonyl (C=O) groups excluding carboxylic acids is 2. The third kappa shape index (κ3) is 5.41. The first kappa shape index (κ1) is 27.3. The molecule has 2 N–H and O–H groups in total. The zero-order chi connectivity index (χ0) is 27.7. The van der Waals surface area contributed by atoms with Crippen LogP contribution in [0.25, 0.3) is 0 Å². The quantitative estimate of drug-likeness (QED) is 0.373. The van der Waals surface area contributed by atoms with Crippen LogP contribution in [0.2, 0.25) is 10.0 Å². The molecule has 1 unspecified atom stereocenters. The van der Waals surface area contributed by atoms with Gasteiger partial charge in [0.25, 0.3) is 17.4 Å². The SMILES string of the molecule is COc1ccc(C(=O)NNC(=O)c2ccc(C3=NOC(c4cc(Cl)cc(Cl)c4)(C(F)(F)F)C3)cc2C)cc1. The number of ether oxygens (including phenoxy) is 1. The van der Waals surface area contributed by atoms with E-state index in [0.29, 0.717) is 22.4 Å². The number of nitrogens with one attached hydrogen (secondary N) is 2. The Morgan fingerprint density at radius 2 is 1.61 bits per heavy atom. The summed E-state index contributed by atoms with van der Waals surface area (Å²) in [5.41, 5.74) is 2.89. The van der Waals surface area contributed by atoms with Crippen LogP contribution in [0.15, 0.2) is 65.8 Å². The Hall–Kier alpha value is -3.76. The predicted molar refractivity (Wildman–Crippen MR) is 136 cm³/mol.